The Kier molecular flexibility index (Phi) is 5.64. The van der Waals surface area contributed by atoms with Crippen molar-refractivity contribution < 1.29 is 13.2 Å². The number of halogens is 1. The number of rotatable bonds is 4. The third kappa shape index (κ3) is 3.89. The van der Waals surface area contributed by atoms with Crippen LogP contribution < -0.4 is 5.32 Å². The quantitative estimate of drug-likeness (QED) is 0.854. The van der Waals surface area contributed by atoms with E-state index in [1.807, 2.05) is 6.07 Å². The van der Waals surface area contributed by atoms with Crippen LogP contribution in [0.5, 0.6) is 0 Å². The van der Waals surface area contributed by atoms with Crippen molar-refractivity contribution in [2.45, 2.75) is 55.8 Å². The second kappa shape index (κ2) is 7.11. The van der Waals surface area contributed by atoms with Crippen LogP contribution >= 0.6 is 11.6 Å². The largest absolute Gasteiger partial charge is 0.314 e. The molecule has 1 heterocycles. The average Bonchev–Trinajstić information content (AvgIpc) is 2.49. The van der Waals surface area contributed by atoms with Gasteiger partial charge in [-0.05, 0) is 56.8 Å². The van der Waals surface area contributed by atoms with Crippen LogP contribution in [0.25, 0.3) is 0 Å². The number of alkyl halides is 1. The molecule has 122 valence electrons. The van der Waals surface area contributed by atoms with Crippen molar-refractivity contribution in [2.75, 3.05) is 6.54 Å². The topological polar surface area (TPSA) is 63.2 Å². The zero-order valence-corrected chi connectivity index (χ0v) is 14.5. The van der Waals surface area contributed by atoms with E-state index in [-0.39, 0.29) is 10.9 Å². The molecule has 1 aliphatic heterocycles. The number of hydrogen-bond acceptors (Lipinski definition) is 4. The molecular weight excluding hydrogens is 322 g/mol. The van der Waals surface area contributed by atoms with E-state index in [1.165, 1.54) is 6.07 Å². The van der Waals surface area contributed by atoms with Crippen molar-refractivity contribution in [3.63, 3.8) is 0 Å². The van der Waals surface area contributed by atoms with E-state index in [2.05, 4.69) is 5.32 Å². The summed E-state index contributed by atoms with van der Waals surface area (Å²) in [5.41, 5.74) is 1.37. The van der Waals surface area contributed by atoms with Crippen LogP contribution in [0.3, 0.4) is 0 Å². The molecule has 1 saturated heterocycles. The molecule has 1 fully saturated rings. The zero-order chi connectivity index (χ0) is 16.3. The first-order chi connectivity index (χ1) is 10.3. The highest BCUT2D eigenvalue weighted by molar-refractivity contribution is 8.06. The van der Waals surface area contributed by atoms with E-state index in [0.29, 0.717) is 12.0 Å². The Balaban J connectivity index is 2.17. The van der Waals surface area contributed by atoms with Crippen LogP contribution in [-0.2, 0) is 14.6 Å². The second-order valence-corrected chi connectivity index (χ2v) is 8.32. The van der Waals surface area contributed by atoms with Crippen molar-refractivity contribution in [1.82, 2.24) is 5.32 Å². The molecule has 0 aliphatic carbocycles. The van der Waals surface area contributed by atoms with Gasteiger partial charge in [0.25, 0.3) is 5.12 Å². The first kappa shape index (κ1) is 17.4. The van der Waals surface area contributed by atoms with Gasteiger partial charge in [0.1, 0.15) is 5.38 Å². The van der Waals surface area contributed by atoms with Gasteiger partial charge in [0.15, 0.2) is 0 Å². The van der Waals surface area contributed by atoms with Gasteiger partial charge in [-0.1, -0.05) is 18.6 Å². The molecule has 1 aromatic carbocycles. The first-order valence-corrected chi connectivity index (χ1v) is 9.48. The van der Waals surface area contributed by atoms with Crippen LogP contribution in [0.1, 0.15) is 36.8 Å². The summed E-state index contributed by atoms with van der Waals surface area (Å²) in [5.74, 6) is 0. The monoisotopic (exact) mass is 343 g/mol. The molecule has 4 nitrogen and oxygen atoms in total. The number of sulfone groups is 1. The Morgan fingerprint density at radius 1 is 1.36 bits per heavy atom. The number of carbonyl (C=O) groups is 1. The van der Waals surface area contributed by atoms with Gasteiger partial charge in [-0.3, -0.25) is 4.79 Å². The molecule has 0 spiro atoms. The molecule has 0 aromatic heterocycles. The van der Waals surface area contributed by atoms with E-state index >= 15 is 0 Å². The SMILES string of the molecule is Cc1ccc(C)c(S(=O)(=O)C(=O)C(Cl)CC2CCCCN2)c1. The summed E-state index contributed by atoms with van der Waals surface area (Å²) in [6, 6.07) is 5.18. The number of aryl methyl sites for hydroxylation is 2. The highest BCUT2D eigenvalue weighted by Crippen LogP contribution is 2.24. The van der Waals surface area contributed by atoms with Crippen molar-refractivity contribution in [1.29, 1.82) is 0 Å². The van der Waals surface area contributed by atoms with E-state index in [9.17, 15) is 13.2 Å². The van der Waals surface area contributed by atoms with E-state index in [4.69, 9.17) is 11.6 Å². The van der Waals surface area contributed by atoms with Gasteiger partial charge in [0.2, 0.25) is 9.84 Å². The van der Waals surface area contributed by atoms with Crippen LogP contribution in [-0.4, -0.2) is 31.5 Å². The maximum absolute atomic E-state index is 12.5. The second-order valence-electron chi connectivity index (χ2n) is 5.94. The predicted octanol–water partition coefficient (Wildman–Crippen LogP) is 2.74. The minimum Gasteiger partial charge on any atom is -0.314 e. The molecule has 2 atom stereocenters. The van der Waals surface area contributed by atoms with Gasteiger partial charge in [-0.2, -0.15) is 0 Å². The molecule has 0 radical (unpaired) electrons. The fourth-order valence-corrected chi connectivity index (χ4v) is 4.79. The molecule has 0 saturated carbocycles. The molecule has 0 amide bonds. The zero-order valence-electron chi connectivity index (χ0n) is 12.9. The summed E-state index contributed by atoms with van der Waals surface area (Å²) in [6.45, 7) is 4.38. The summed E-state index contributed by atoms with van der Waals surface area (Å²) in [4.78, 5) is 12.4. The Morgan fingerprint density at radius 3 is 2.73 bits per heavy atom. The fourth-order valence-electron chi connectivity index (χ4n) is 2.74. The maximum atomic E-state index is 12.5. The molecule has 1 aliphatic rings. The van der Waals surface area contributed by atoms with Crippen LogP contribution in [0.4, 0.5) is 0 Å². The fraction of sp³-hybridized carbons (Fsp3) is 0.562. The summed E-state index contributed by atoms with van der Waals surface area (Å²) < 4.78 is 25.1. The smallest absolute Gasteiger partial charge is 0.268 e. The number of hydrogen-bond donors (Lipinski definition) is 1. The lowest BCUT2D eigenvalue weighted by Crippen LogP contribution is -2.38. The van der Waals surface area contributed by atoms with Gasteiger partial charge in [-0.15, -0.1) is 11.6 Å². The lowest BCUT2D eigenvalue weighted by Gasteiger charge is -2.24. The molecule has 2 unspecified atom stereocenters. The van der Waals surface area contributed by atoms with Gasteiger partial charge in [0, 0.05) is 6.04 Å². The van der Waals surface area contributed by atoms with Crippen LogP contribution in [0.15, 0.2) is 23.1 Å². The van der Waals surface area contributed by atoms with E-state index in [1.54, 1.807) is 19.9 Å². The van der Waals surface area contributed by atoms with Gasteiger partial charge in [-0.25, -0.2) is 8.42 Å². The number of benzene rings is 1. The van der Waals surface area contributed by atoms with Gasteiger partial charge < -0.3 is 5.32 Å². The normalized spacial score (nSPS) is 20.6. The van der Waals surface area contributed by atoms with Crippen LogP contribution in [0, 0.1) is 13.8 Å². The standard InChI is InChI=1S/C16H22ClNO3S/c1-11-6-7-12(2)15(9-11)22(20,21)16(19)14(17)10-13-5-3-4-8-18-13/h6-7,9,13-14,18H,3-5,8,10H2,1-2H3. The van der Waals surface area contributed by atoms with Crippen molar-refractivity contribution in [2.24, 2.45) is 0 Å². The Labute approximate surface area is 137 Å². The number of nitrogens with one attached hydrogen (secondary N) is 1. The predicted molar refractivity (Wildman–Crippen MR) is 88.0 cm³/mol. The minimum absolute atomic E-state index is 0.0692. The minimum atomic E-state index is -4.04. The highest BCUT2D eigenvalue weighted by atomic mass is 35.5. The van der Waals surface area contributed by atoms with E-state index < -0.39 is 20.3 Å². The van der Waals surface area contributed by atoms with Crippen molar-refractivity contribution in [3.8, 4) is 0 Å². The van der Waals surface area contributed by atoms with Gasteiger partial charge >= 0.3 is 0 Å². The summed E-state index contributed by atoms with van der Waals surface area (Å²) in [7, 11) is -4.04. The molecule has 1 aromatic rings. The first-order valence-electron chi connectivity index (χ1n) is 7.56. The molecule has 0 bridgehead atoms. The highest BCUT2D eigenvalue weighted by Gasteiger charge is 2.34. The van der Waals surface area contributed by atoms with Crippen LogP contribution in [0.2, 0.25) is 0 Å². The summed E-state index contributed by atoms with van der Waals surface area (Å²) in [6.07, 6.45) is 3.47. The molecule has 22 heavy (non-hydrogen) atoms. The van der Waals surface area contributed by atoms with E-state index in [0.717, 1.165) is 31.4 Å². The Bertz CT molecular complexity index is 651. The molecule has 1 N–H and O–H groups in total. The van der Waals surface area contributed by atoms with Gasteiger partial charge in [0.05, 0.1) is 4.90 Å². The number of carbonyl (C=O) groups excluding carboxylic acids is 1. The number of piperidine rings is 1. The average molecular weight is 344 g/mol. The maximum Gasteiger partial charge on any atom is 0.268 e. The Hall–Kier alpha value is -0.910. The summed E-state index contributed by atoms with van der Waals surface area (Å²) >= 11 is 6.12. The van der Waals surface area contributed by atoms with Crippen molar-refractivity contribution in [3.05, 3.63) is 29.3 Å². The lowest BCUT2D eigenvalue weighted by atomic mass is 10.0. The summed E-state index contributed by atoms with van der Waals surface area (Å²) in [5, 5.41) is 1.38. The third-order valence-corrected chi connectivity index (χ3v) is 6.40. The third-order valence-electron chi connectivity index (χ3n) is 4.06. The molecular formula is C16H22ClNO3S. The van der Waals surface area contributed by atoms with Crippen molar-refractivity contribution >= 4 is 26.6 Å². The molecule has 6 heteroatoms. The lowest BCUT2D eigenvalue weighted by molar-refractivity contribution is -0.111. The molecule has 2 rings (SSSR count). The Morgan fingerprint density at radius 2 is 2.09 bits per heavy atom.